The minimum Gasteiger partial charge on any atom is -0.422 e. The van der Waals surface area contributed by atoms with Gasteiger partial charge in [-0.25, -0.2) is 4.79 Å². The molecule has 0 radical (unpaired) electrons. The molecule has 0 saturated heterocycles. The van der Waals surface area contributed by atoms with Crippen LogP contribution in [0, 0.1) is 0 Å². The third kappa shape index (κ3) is 2.21. The fourth-order valence-corrected chi connectivity index (χ4v) is 1.95. The van der Waals surface area contributed by atoms with Crippen LogP contribution in [0.15, 0.2) is 58.8 Å². The van der Waals surface area contributed by atoms with Crippen molar-refractivity contribution in [2.24, 2.45) is 0 Å². The summed E-state index contributed by atoms with van der Waals surface area (Å²) < 4.78 is 5.29. The molecule has 1 heterocycles. The number of hydrogen-bond donors (Lipinski definition) is 0. The van der Waals surface area contributed by atoms with E-state index in [0.29, 0.717) is 18.4 Å². The summed E-state index contributed by atoms with van der Waals surface area (Å²) in [5.74, 6) is 0. The van der Waals surface area contributed by atoms with E-state index in [1.165, 1.54) is 6.07 Å². The molecule has 2 rings (SSSR count). The fraction of sp³-hybridized carbons (Fsp3) is 0.133. The molecule has 0 atom stereocenters. The van der Waals surface area contributed by atoms with Gasteiger partial charge in [-0.15, -0.1) is 13.2 Å². The van der Waals surface area contributed by atoms with Crippen molar-refractivity contribution in [3.63, 3.8) is 0 Å². The number of hydrogen-bond acceptors (Lipinski definition) is 2. The molecule has 0 aliphatic carbocycles. The maximum absolute atomic E-state index is 11.5. The Morgan fingerprint density at radius 3 is 2.53 bits per heavy atom. The normalized spacial score (nSPS) is 10.4. The molecule has 0 N–H and O–H groups in total. The van der Waals surface area contributed by atoms with Gasteiger partial charge in [0, 0.05) is 11.5 Å². The fourth-order valence-electron chi connectivity index (χ4n) is 1.95. The lowest BCUT2D eigenvalue weighted by atomic mass is 10.0. The molecule has 1 aromatic carbocycles. The molecule has 0 amide bonds. The molecule has 2 aromatic rings. The molecular weight excluding hydrogens is 212 g/mol. The topological polar surface area (TPSA) is 30.2 Å². The Labute approximate surface area is 99.9 Å². The van der Waals surface area contributed by atoms with Crippen molar-refractivity contribution in [2.45, 2.75) is 12.8 Å². The van der Waals surface area contributed by atoms with Crippen LogP contribution in [0.3, 0.4) is 0 Å². The zero-order valence-corrected chi connectivity index (χ0v) is 9.61. The Kier molecular flexibility index (Phi) is 3.24. The number of fused-ring (bicyclic) bond motifs is 1. The quantitative estimate of drug-likeness (QED) is 0.591. The zero-order chi connectivity index (χ0) is 12.3. The van der Waals surface area contributed by atoms with E-state index in [1.807, 2.05) is 18.2 Å². The van der Waals surface area contributed by atoms with Gasteiger partial charge in [-0.3, -0.25) is 0 Å². The highest BCUT2D eigenvalue weighted by Crippen LogP contribution is 2.22. The Balaban J connectivity index is 2.77. The van der Waals surface area contributed by atoms with Crippen LogP contribution in [0.1, 0.15) is 11.1 Å². The van der Waals surface area contributed by atoms with Gasteiger partial charge in [0.1, 0.15) is 5.58 Å². The van der Waals surface area contributed by atoms with Crippen LogP contribution in [-0.2, 0) is 12.8 Å². The first-order valence-corrected chi connectivity index (χ1v) is 5.52. The van der Waals surface area contributed by atoms with E-state index in [1.54, 1.807) is 12.2 Å². The summed E-state index contributed by atoms with van der Waals surface area (Å²) in [6.45, 7) is 7.41. The predicted molar refractivity (Wildman–Crippen MR) is 70.3 cm³/mol. The van der Waals surface area contributed by atoms with E-state index in [0.717, 1.165) is 16.5 Å². The lowest BCUT2D eigenvalue weighted by molar-refractivity contribution is 0.556. The lowest BCUT2D eigenvalue weighted by Crippen LogP contribution is -2.01. The van der Waals surface area contributed by atoms with Crippen LogP contribution in [0.25, 0.3) is 11.0 Å². The first-order chi connectivity index (χ1) is 8.26. The molecule has 2 nitrogen and oxygen atoms in total. The second-order valence-electron chi connectivity index (χ2n) is 3.87. The Morgan fingerprint density at radius 2 is 1.82 bits per heavy atom. The van der Waals surface area contributed by atoms with Crippen molar-refractivity contribution in [2.75, 3.05) is 0 Å². The number of benzene rings is 1. The molecule has 0 fully saturated rings. The van der Waals surface area contributed by atoms with Crippen LogP contribution < -0.4 is 5.63 Å². The molecule has 2 heteroatoms. The lowest BCUT2D eigenvalue weighted by Gasteiger charge is -2.06. The van der Waals surface area contributed by atoms with Crippen molar-refractivity contribution in [1.29, 1.82) is 0 Å². The van der Waals surface area contributed by atoms with Gasteiger partial charge in [0.25, 0.3) is 0 Å². The third-order valence-electron chi connectivity index (χ3n) is 2.67. The van der Waals surface area contributed by atoms with E-state index in [4.69, 9.17) is 4.42 Å². The first-order valence-electron chi connectivity index (χ1n) is 5.52. The molecule has 17 heavy (non-hydrogen) atoms. The van der Waals surface area contributed by atoms with Gasteiger partial charge in [0.2, 0.25) is 0 Å². The van der Waals surface area contributed by atoms with Gasteiger partial charge in [-0.2, -0.15) is 0 Å². The largest absolute Gasteiger partial charge is 0.422 e. The maximum atomic E-state index is 11.5. The number of rotatable bonds is 4. The zero-order valence-electron chi connectivity index (χ0n) is 9.61. The highest BCUT2D eigenvalue weighted by molar-refractivity contribution is 5.83. The van der Waals surface area contributed by atoms with Crippen molar-refractivity contribution in [1.82, 2.24) is 0 Å². The van der Waals surface area contributed by atoms with Gasteiger partial charge < -0.3 is 4.42 Å². The van der Waals surface area contributed by atoms with E-state index in [9.17, 15) is 4.79 Å². The van der Waals surface area contributed by atoms with Crippen LogP contribution in [-0.4, -0.2) is 0 Å². The average Bonchev–Trinajstić information content (AvgIpc) is 2.31. The molecule has 0 aliphatic rings. The Hall–Kier alpha value is -2.09. The summed E-state index contributed by atoms with van der Waals surface area (Å²) in [7, 11) is 0. The smallest absolute Gasteiger partial charge is 0.336 e. The van der Waals surface area contributed by atoms with E-state index < -0.39 is 0 Å². The van der Waals surface area contributed by atoms with Crippen LogP contribution >= 0.6 is 0 Å². The predicted octanol–water partition coefficient (Wildman–Crippen LogP) is 3.25. The molecule has 0 saturated carbocycles. The van der Waals surface area contributed by atoms with Gasteiger partial charge in [-0.1, -0.05) is 30.4 Å². The summed E-state index contributed by atoms with van der Waals surface area (Å²) in [5, 5.41) is 0.976. The highest BCUT2D eigenvalue weighted by atomic mass is 16.4. The summed E-state index contributed by atoms with van der Waals surface area (Å²) in [4.78, 5) is 11.5. The minimum atomic E-state index is -0.314. The minimum absolute atomic E-state index is 0.314. The van der Waals surface area contributed by atoms with Gasteiger partial charge in [-0.05, 0) is 24.0 Å². The third-order valence-corrected chi connectivity index (χ3v) is 2.67. The van der Waals surface area contributed by atoms with Crippen molar-refractivity contribution in [3.8, 4) is 0 Å². The second kappa shape index (κ2) is 4.83. The van der Waals surface area contributed by atoms with Crippen LogP contribution in [0.5, 0.6) is 0 Å². The van der Waals surface area contributed by atoms with Crippen molar-refractivity contribution < 1.29 is 4.42 Å². The summed E-state index contributed by atoms with van der Waals surface area (Å²) in [6, 6.07) is 7.41. The molecule has 1 aromatic heterocycles. The van der Waals surface area contributed by atoms with E-state index in [2.05, 4.69) is 13.2 Å². The van der Waals surface area contributed by atoms with Crippen molar-refractivity contribution in [3.05, 3.63) is 71.1 Å². The second-order valence-corrected chi connectivity index (χ2v) is 3.87. The summed E-state index contributed by atoms with van der Waals surface area (Å²) in [6.07, 6.45) is 4.95. The highest BCUT2D eigenvalue weighted by Gasteiger charge is 2.07. The molecule has 0 spiro atoms. The Morgan fingerprint density at radius 1 is 1.12 bits per heavy atom. The average molecular weight is 226 g/mol. The molecule has 0 bridgehead atoms. The molecule has 0 unspecified atom stereocenters. The summed E-state index contributed by atoms with van der Waals surface area (Å²) in [5.41, 5.74) is 2.29. The van der Waals surface area contributed by atoms with Crippen LogP contribution in [0.4, 0.5) is 0 Å². The number of allylic oxidation sites excluding steroid dienone is 2. The maximum Gasteiger partial charge on any atom is 0.336 e. The van der Waals surface area contributed by atoms with Gasteiger partial charge in [0.15, 0.2) is 0 Å². The van der Waals surface area contributed by atoms with Crippen LogP contribution in [0.2, 0.25) is 0 Å². The SMILES string of the molecule is C=CCc1cc(=O)oc2c(CC=C)cccc12. The van der Waals surface area contributed by atoms with Gasteiger partial charge in [0.05, 0.1) is 0 Å². The van der Waals surface area contributed by atoms with Crippen molar-refractivity contribution >= 4 is 11.0 Å². The first kappa shape index (κ1) is 11.4. The monoisotopic (exact) mass is 226 g/mol. The molecular formula is C15H14O2. The Bertz CT molecular complexity index is 620. The summed E-state index contributed by atoms with van der Waals surface area (Å²) >= 11 is 0. The molecule has 86 valence electrons. The standard InChI is InChI=1S/C15H14O2/c1-3-6-11-8-5-9-13-12(7-4-2)10-14(16)17-15(11)13/h3-5,8-10H,1-2,6-7H2. The molecule has 0 aliphatic heterocycles. The van der Waals surface area contributed by atoms with Gasteiger partial charge >= 0.3 is 5.63 Å². The van der Waals surface area contributed by atoms with E-state index >= 15 is 0 Å². The van der Waals surface area contributed by atoms with E-state index in [-0.39, 0.29) is 5.63 Å². The number of para-hydroxylation sites is 1.